The molecule has 2 N–H and O–H groups in total. The third-order valence-corrected chi connectivity index (χ3v) is 4.54. The highest BCUT2D eigenvalue weighted by molar-refractivity contribution is 7.99. The van der Waals surface area contributed by atoms with Gasteiger partial charge in [0, 0.05) is 30.1 Å². The monoisotopic (exact) mass is 328 g/mol. The first-order valence-corrected chi connectivity index (χ1v) is 8.16. The zero-order valence-corrected chi connectivity index (χ0v) is 13.3. The van der Waals surface area contributed by atoms with Crippen LogP contribution in [0.1, 0.15) is 12.0 Å². The first-order chi connectivity index (χ1) is 9.77. The second kappa shape index (κ2) is 8.47. The summed E-state index contributed by atoms with van der Waals surface area (Å²) in [4.78, 5) is 8.35. The molecule has 2 aromatic rings. The first-order valence-electron chi connectivity index (χ1n) is 6.42. The van der Waals surface area contributed by atoms with Crippen LogP contribution < -0.4 is 5.32 Å². The Kier molecular flexibility index (Phi) is 6.60. The fourth-order valence-corrected chi connectivity index (χ4v) is 2.88. The van der Waals surface area contributed by atoms with Crippen molar-refractivity contribution in [3.8, 4) is 0 Å². The van der Waals surface area contributed by atoms with Gasteiger partial charge in [-0.2, -0.15) is 0 Å². The molecule has 0 fully saturated rings. The molecule has 0 amide bonds. The summed E-state index contributed by atoms with van der Waals surface area (Å²) in [5.41, 5.74) is 1.08. The fourth-order valence-electron chi connectivity index (χ4n) is 1.71. The molecule has 0 aliphatic rings. The normalized spacial score (nSPS) is 10.7. The number of benzene rings is 1. The van der Waals surface area contributed by atoms with Gasteiger partial charge in [0.15, 0.2) is 5.16 Å². The number of hydrogen-bond donors (Lipinski definition) is 1. The average Bonchev–Trinajstić information content (AvgIpc) is 2.48. The van der Waals surface area contributed by atoms with Crippen molar-refractivity contribution in [1.82, 2.24) is 9.97 Å². The molecule has 106 valence electrons. The van der Waals surface area contributed by atoms with Crippen LogP contribution in [0.4, 0.5) is 0 Å². The number of aromatic nitrogens is 2. The molecule has 0 unspecified atom stereocenters. The highest BCUT2D eigenvalue weighted by atomic mass is 35.5. The zero-order valence-electron chi connectivity index (χ0n) is 10.9. The summed E-state index contributed by atoms with van der Waals surface area (Å²) in [5.74, 6) is 1.02. The molecule has 0 bridgehead atoms. The van der Waals surface area contributed by atoms with Gasteiger partial charge >= 0.3 is 0 Å². The lowest BCUT2D eigenvalue weighted by atomic mass is 10.2. The fraction of sp³-hybridized carbons (Fsp3) is 0.286. The molecule has 1 aromatic carbocycles. The molecule has 0 aliphatic carbocycles. The summed E-state index contributed by atoms with van der Waals surface area (Å²) in [6.45, 7) is 1.90. The summed E-state index contributed by atoms with van der Waals surface area (Å²) in [6.07, 6.45) is 4.63. The minimum atomic E-state index is 0.620. The van der Waals surface area contributed by atoms with E-state index in [2.05, 4.69) is 15.3 Å². The van der Waals surface area contributed by atoms with Crippen molar-refractivity contribution in [3.05, 3.63) is 52.3 Å². The maximum atomic E-state index is 6.14. The quantitative estimate of drug-likeness (QED) is 0.482. The second-order valence-electron chi connectivity index (χ2n) is 4.23. The van der Waals surface area contributed by atoms with Gasteiger partial charge in [0.2, 0.25) is 0 Å². The number of nitrogens with two attached hydrogens (primary N) is 1. The summed E-state index contributed by atoms with van der Waals surface area (Å²) in [7, 11) is 0. The Morgan fingerprint density at radius 3 is 2.70 bits per heavy atom. The summed E-state index contributed by atoms with van der Waals surface area (Å²) in [6, 6.07) is 7.58. The van der Waals surface area contributed by atoms with Crippen molar-refractivity contribution < 1.29 is 5.32 Å². The molecule has 2 rings (SSSR count). The van der Waals surface area contributed by atoms with Crippen molar-refractivity contribution in [2.75, 3.05) is 12.3 Å². The first kappa shape index (κ1) is 15.6. The van der Waals surface area contributed by atoms with Gasteiger partial charge in [-0.3, -0.25) is 0 Å². The predicted molar refractivity (Wildman–Crippen MR) is 84.3 cm³/mol. The third kappa shape index (κ3) is 4.94. The van der Waals surface area contributed by atoms with E-state index in [9.17, 15) is 0 Å². The average molecular weight is 329 g/mol. The summed E-state index contributed by atoms with van der Waals surface area (Å²) < 4.78 is 0. The van der Waals surface area contributed by atoms with E-state index >= 15 is 0 Å². The van der Waals surface area contributed by atoms with Crippen LogP contribution in [0.5, 0.6) is 0 Å². The molecule has 1 heterocycles. The minimum Gasteiger partial charge on any atom is -0.342 e. The van der Waals surface area contributed by atoms with Gasteiger partial charge < -0.3 is 5.32 Å². The predicted octanol–water partition coefficient (Wildman–Crippen LogP) is 3.03. The molecule has 0 aliphatic heterocycles. The van der Waals surface area contributed by atoms with E-state index in [0.717, 1.165) is 36.0 Å². The molecule has 0 saturated heterocycles. The van der Waals surface area contributed by atoms with Gasteiger partial charge in [-0.25, -0.2) is 9.97 Å². The standard InChI is InChI=1S/C14H15Cl2N3S/c15-12-5-1-4-11(13(12)16)10-17-6-3-9-20-14-18-7-2-8-19-14/h1-2,4-5,7-8,17H,3,6,9-10H2/p+1. The largest absolute Gasteiger partial charge is 0.342 e. The molecule has 20 heavy (non-hydrogen) atoms. The number of hydrogen-bond acceptors (Lipinski definition) is 3. The Bertz CT molecular complexity index is 537. The van der Waals surface area contributed by atoms with Gasteiger partial charge in [0.05, 0.1) is 16.6 Å². The summed E-state index contributed by atoms with van der Waals surface area (Å²) in [5, 5.41) is 4.36. The van der Waals surface area contributed by atoms with Crippen LogP contribution in [0.3, 0.4) is 0 Å². The lowest BCUT2D eigenvalue weighted by Crippen LogP contribution is -2.82. The van der Waals surface area contributed by atoms with Gasteiger partial charge in [-0.05, 0) is 12.1 Å². The Hall–Kier alpha value is -0.810. The lowest BCUT2D eigenvalue weighted by molar-refractivity contribution is -0.670. The minimum absolute atomic E-state index is 0.620. The van der Waals surface area contributed by atoms with Gasteiger partial charge in [-0.1, -0.05) is 47.1 Å². The van der Waals surface area contributed by atoms with Crippen molar-refractivity contribution in [3.63, 3.8) is 0 Å². The van der Waals surface area contributed by atoms with Crippen LogP contribution >= 0.6 is 35.0 Å². The highest BCUT2D eigenvalue weighted by Gasteiger charge is 2.05. The molecular weight excluding hydrogens is 313 g/mol. The van der Waals surface area contributed by atoms with Crippen LogP contribution in [0.15, 0.2) is 41.8 Å². The number of halogens is 2. The number of nitrogens with zero attached hydrogens (tertiary/aromatic N) is 2. The topological polar surface area (TPSA) is 42.4 Å². The number of quaternary nitrogens is 1. The van der Waals surface area contributed by atoms with E-state index in [1.54, 1.807) is 24.2 Å². The molecule has 0 radical (unpaired) electrons. The maximum absolute atomic E-state index is 6.14. The van der Waals surface area contributed by atoms with Crippen LogP contribution in [-0.2, 0) is 6.54 Å². The Morgan fingerprint density at radius 1 is 1.10 bits per heavy atom. The molecule has 0 atom stereocenters. The van der Waals surface area contributed by atoms with E-state index in [0.29, 0.717) is 10.0 Å². The molecule has 6 heteroatoms. The molecule has 3 nitrogen and oxygen atoms in total. The summed E-state index contributed by atoms with van der Waals surface area (Å²) >= 11 is 13.8. The van der Waals surface area contributed by atoms with E-state index in [-0.39, 0.29) is 0 Å². The number of thioether (sulfide) groups is 1. The molecular formula is C14H16Cl2N3S+. The Labute approximate surface area is 133 Å². The number of rotatable bonds is 7. The highest BCUT2D eigenvalue weighted by Crippen LogP contribution is 2.24. The van der Waals surface area contributed by atoms with Crippen LogP contribution in [0, 0.1) is 0 Å². The van der Waals surface area contributed by atoms with Crippen molar-refractivity contribution in [1.29, 1.82) is 0 Å². The Balaban J connectivity index is 1.63. The van der Waals surface area contributed by atoms with Crippen LogP contribution in [-0.4, -0.2) is 22.3 Å². The lowest BCUT2D eigenvalue weighted by Gasteiger charge is -2.05. The Morgan fingerprint density at radius 2 is 1.90 bits per heavy atom. The molecule has 0 spiro atoms. The molecule has 0 saturated carbocycles. The maximum Gasteiger partial charge on any atom is 0.187 e. The van der Waals surface area contributed by atoms with Crippen molar-refractivity contribution >= 4 is 35.0 Å². The third-order valence-electron chi connectivity index (χ3n) is 2.72. The smallest absolute Gasteiger partial charge is 0.187 e. The SMILES string of the molecule is Clc1cccc(C[NH2+]CCCSc2ncccn2)c1Cl. The van der Waals surface area contributed by atoms with E-state index in [1.165, 1.54) is 0 Å². The molecule has 1 aromatic heterocycles. The van der Waals surface area contributed by atoms with Crippen LogP contribution in [0.2, 0.25) is 10.0 Å². The van der Waals surface area contributed by atoms with E-state index in [4.69, 9.17) is 23.2 Å². The van der Waals surface area contributed by atoms with Crippen molar-refractivity contribution in [2.24, 2.45) is 0 Å². The van der Waals surface area contributed by atoms with E-state index in [1.807, 2.05) is 24.3 Å². The van der Waals surface area contributed by atoms with Gasteiger partial charge in [0.25, 0.3) is 0 Å². The van der Waals surface area contributed by atoms with Gasteiger partial charge in [0.1, 0.15) is 6.54 Å². The van der Waals surface area contributed by atoms with Gasteiger partial charge in [-0.15, -0.1) is 0 Å². The second-order valence-corrected chi connectivity index (χ2v) is 6.08. The van der Waals surface area contributed by atoms with Crippen molar-refractivity contribution in [2.45, 2.75) is 18.1 Å². The zero-order chi connectivity index (χ0) is 14.2. The van der Waals surface area contributed by atoms with Crippen LogP contribution in [0.25, 0.3) is 0 Å². The van der Waals surface area contributed by atoms with E-state index < -0.39 is 0 Å².